The van der Waals surface area contributed by atoms with Gasteiger partial charge in [-0.1, -0.05) is 15.9 Å². The highest BCUT2D eigenvalue weighted by Gasteiger charge is 2.43. The topological polar surface area (TPSA) is 47.6 Å². The molecule has 1 atom stereocenters. The van der Waals surface area contributed by atoms with Gasteiger partial charge in [-0.15, -0.1) is 13.2 Å². The van der Waals surface area contributed by atoms with Crippen molar-refractivity contribution in [3.8, 4) is 0 Å². The largest absolute Gasteiger partial charge is 0.525 e. The average Bonchev–Trinajstić information content (AvgIpc) is 2.24. The Bertz CT molecular complexity index is 406. The Hall–Kier alpha value is -0.860. The molecule has 0 saturated carbocycles. The van der Waals surface area contributed by atoms with Gasteiger partial charge in [-0.25, -0.2) is 0 Å². The quantitative estimate of drug-likeness (QED) is 0.808. The van der Waals surface area contributed by atoms with E-state index in [1.54, 1.807) is 0 Å². The van der Waals surface area contributed by atoms with Crippen LogP contribution in [0.5, 0.6) is 0 Å². The summed E-state index contributed by atoms with van der Waals surface area (Å²) in [5, 5.41) is 2.33. The number of allylic oxidation sites excluding steroid dienone is 1. The molecule has 0 spiro atoms. The number of nitrogens with one attached hydrogen (secondary N) is 1. The first-order valence-corrected chi connectivity index (χ1v) is 5.64. The van der Waals surface area contributed by atoms with Crippen LogP contribution < -0.4 is 5.32 Å². The van der Waals surface area contributed by atoms with Gasteiger partial charge in [-0.2, -0.15) is 0 Å². The van der Waals surface area contributed by atoms with Crippen molar-refractivity contribution in [1.29, 1.82) is 0 Å². The van der Waals surface area contributed by atoms with Crippen molar-refractivity contribution in [3.05, 3.63) is 22.2 Å². The Labute approximate surface area is 110 Å². The molecule has 4 nitrogen and oxygen atoms in total. The molecule has 0 aromatic carbocycles. The zero-order chi connectivity index (χ0) is 14.0. The molecule has 0 aromatic rings. The molecule has 1 amide bonds. The van der Waals surface area contributed by atoms with Crippen molar-refractivity contribution in [2.75, 3.05) is 14.2 Å². The third-order valence-electron chi connectivity index (χ3n) is 2.21. The summed E-state index contributed by atoms with van der Waals surface area (Å²) in [6.07, 6.45) is -2.59. The number of hydrogen-bond acceptors (Lipinski definition) is 3. The van der Waals surface area contributed by atoms with Crippen molar-refractivity contribution < 1.29 is 27.4 Å². The summed E-state index contributed by atoms with van der Waals surface area (Å²) >= 11 is 3.06. The fraction of sp³-hybridized carbons (Fsp3) is 0.500. The molecule has 1 rings (SSSR count). The van der Waals surface area contributed by atoms with E-state index in [-0.39, 0.29) is 12.0 Å². The van der Waals surface area contributed by atoms with Crippen LogP contribution in [-0.4, -0.2) is 32.2 Å². The number of ether oxygens (including phenoxy) is 2. The second kappa shape index (κ2) is 5.41. The first kappa shape index (κ1) is 15.2. The van der Waals surface area contributed by atoms with Crippen LogP contribution in [0.25, 0.3) is 0 Å². The van der Waals surface area contributed by atoms with Crippen LogP contribution in [0.1, 0.15) is 6.42 Å². The van der Waals surface area contributed by atoms with Gasteiger partial charge in [-0.05, 0) is 12.2 Å². The Balaban J connectivity index is 3.12. The average molecular weight is 330 g/mol. The van der Waals surface area contributed by atoms with E-state index in [1.165, 1.54) is 7.05 Å². The summed E-state index contributed by atoms with van der Waals surface area (Å²) in [7, 11) is 2.44. The van der Waals surface area contributed by atoms with E-state index in [9.17, 15) is 18.0 Å². The molecule has 18 heavy (non-hydrogen) atoms. The highest BCUT2D eigenvalue weighted by Crippen LogP contribution is 2.36. The SMILES string of the molecule is CNC(=O)C1=CC(OC)(OC(F)(F)F)C=C(Br)C1. The van der Waals surface area contributed by atoms with Crippen LogP contribution in [0, 0.1) is 0 Å². The van der Waals surface area contributed by atoms with Crippen LogP contribution in [0.4, 0.5) is 13.2 Å². The van der Waals surface area contributed by atoms with Crippen molar-refractivity contribution in [2.45, 2.75) is 18.6 Å². The lowest BCUT2D eigenvalue weighted by molar-refractivity contribution is -0.388. The highest BCUT2D eigenvalue weighted by molar-refractivity contribution is 9.11. The zero-order valence-corrected chi connectivity index (χ0v) is 11.2. The first-order valence-electron chi connectivity index (χ1n) is 4.84. The number of likely N-dealkylation sites (N-methyl/N-ethyl adjacent to an activating group) is 1. The normalized spacial score (nSPS) is 24.3. The molecular weight excluding hydrogens is 319 g/mol. The molecule has 1 aliphatic rings. The van der Waals surface area contributed by atoms with E-state index >= 15 is 0 Å². The van der Waals surface area contributed by atoms with Crippen LogP contribution in [0.2, 0.25) is 0 Å². The van der Waals surface area contributed by atoms with Gasteiger partial charge in [0.15, 0.2) is 0 Å². The molecule has 8 heteroatoms. The van der Waals surface area contributed by atoms with Crippen molar-refractivity contribution in [3.63, 3.8) is 0 Å². The lowest BCUT2D eigenvalue weighted by Crippen LogP contribution is -2.39. The Morgan fingerprint density at radius 1 is 1.50 bits per heavy atom. The van der Waals surface area contributed by atoms with E-state index in [2.05, 4.69) is 26.0 Å². The Morgan fingerprint density at radius 2 is 2.11 bits per heavy atom. The maximum atomic E-state index is 12.3. The Morgan fingerprint density at radius 3 is 2.56 bits per heavy atom. The van der Waals surface area contributed by atoms with Crippen LogP contribution in [-0.2, 0) is 14.3 Å². The van der Waals surface area contributed by atoms with E-state index < -0.39 is 18.1 Å². The minimum atomic E-state index is -4.89. The fourth-order valence-corrected chi connectivity index (χ4v) is 2.11. The number of rotatable bonds is 3. The Kier molecular flexibility index (Phi) is 4.57. The molecule has 0 heterocycles. The lowest BCUT2D eigenvalue weighted by atomic mass is 10.0. The van der Waals surface area contributed by atoms with Crippen LogP contribution in [0.15, 0.2) is 22.2 Å². The smallest absolute Gasteiger partial charge is 0.355 e. The minimum Gasteiger partial charge on any atom is -0.355 e. The van der Waals surface area contributed by atoms with Gasteiger partial charge >= 0.3 is 6.36 Å². The number of carbonyl (C=O) groups excluding carboxylic acids is 1. The van der Waals surface area contributed by atoms with Crippen molar-refractivity contribution in [2.24, 2.45) is 0 Å². The molecule has 0 bridgehead atoms. The van der Waals surface area contributed by atoms with Crippen molar-refractivity contribution in [1.82, 2.24) is 5.32 Å². The van der Waals surface area contributed by atoms with Gasteiger partial charge in [0.05, 0.1) is 0 Å². The van der Waals surface area contributed by atoms with Crippen molar-refractivity contribution >= 4 is 21.8 Å². The molecule has 102 valence electrons. The summed E-state index contributed by atoms with van der Waals surface area (Å²) in [5.74, 6) is -2.62. The summed E-state index contributed by atoms with van der Waals surface area (Å²) < 4.78 is 46.0. The van der Waals surface area contributed by atoms with Gasteiger partial charge in [0.1, 0.15) is 0 Å². The highest BCUT2D eigenvalue weighted by atomic mass is 79.9. The van der Waals surface area contributed by atoms with Gasteiger partial charge in [0, 0.05) is 30.6 Å². The predicted molar refractivity (Wildman–Crippen MR) is 60.7 cm³/mol. The molecular formula is C10H11BrF3NO3. The van der Waals surface area contributed by atoms with E-state index in [0.29, 0.717) is 4.48 Å². The number of methoxy groups -OCH3 is 1. The number of hydrogen-bond donors (Lipinski definition) is 1. The number of alkyl halides is 3. The van der Waals surface area contributed by atoms with E-state index in [1.807, 2.05) is 0 Å². The second-order valence-electron chi connectivity index (χ2n) is 3.49. The van der Waals surface area contributed by atoms with Gasteiger partial charge < -0.3 is 10.1 Å². The first-order chi connectivity index (χ1) is 8.21. The van der Waals surface area contributed by atoms with Gasteiger partial charge in [0.25, 0.3) is 0 Å². The van der Waals surface area contributed by atoms with Gasteiger partial charge in [0.2, 0.25) is 11.7 Å². The molecule has 0 aromatic heterocycles. The number of halogens is 4. The number of carbonyl (C=O) groups is 1. The molecule has 0 aliphatic heterocycles. The molecule has 1 aliphatic carbocycles. The molecule has 0 fully saturated rings. The number of amides is 1. The molecule has 1 unspecified atom stereocenters. The lowest BCUT2D eigenvalue weighted by Gasteiger charge is -2.30. The second-order valence-corrected chi connectivity index (χ2v) is 4.51. The summed E-state index contributed by atoms with van der Waals surface area (Å²) in [4.78, 5) is 11.5. The van der Waals surface area contributed by atoms with Gasteiger partial charge in [-0.3, -0.25) is 9.53 Å². The molecule has 0 saturated heterocycles. The van der Waals surface area contributed by atoms with E-state index in [4.69, 9.17) is 4.74 Å². The zero-order valence-electron chi connectivity index (χ0n) is 9.60. The fourth-order valence-electron chi connectivity index (χ4n) is 1.49. The summed E-state index contributed by atoms with van der Waals surface area (Å²) in [6, 6.07) is 0. The van der Waals surface area contributed by atoms with Crippen LogP contribution in [0.3, 0.4) is 0 Å². The maximum absolute atomic E-state index is 12.3. The third kappa shape index (κ3) is 3.82. The third-order valence-corrected chi connectivity index (χ3v) is 2.71. The monoisotopic (exact) mass is 329 g/mol. The standard InChI is InChI=1S/C10H11BrF3NO3/c1-15-8(16)6-3-7(11)5-9(4-6,17-2)18-10(12,13)14/h4-5H,3H2,1-2H3,(H,15,16). The summed E-state index contributed by atoms with van der Waals surface area (Å²) in [5.41, 5.74) is 0.123. The van der Waals surface area contributed by atoms with Crippen LogP contribution >= 0.6 is 15.9 Å². The van der Waals surface area contributed by atoms with E-state index in [0.717, 1.165) is 19.3 Å². The summed E-state index contributed by atoms with van der Waals surface area (Å²) in [6.45, 7) is 0. The maximum Gasteiger partial charge on any atom is 0.525 e. The molecule has 1 N–H and O–H groups in total. The minimum absolute atomic E-state index is 0.123. The predicted octanol–water partition coefficient (Wildman–Crippen LogP) is 2.22. The molecule has 0 radical (unpaired) electrons.